The van der Waals surface area contributed by atoms with Gasteiger partial charge in [-0.3, -0.25) is 4.90 Å². The fraction of sp³-hybridized carbons (Fsp3) is 0.412. The van der Waals surface area contributed by atoms with Crippen LogP contribution in [0.3, 0.4) is 0 Å². The molecule has 1 saturated heterocycles. The highest BCUT2D eigenvalue weighted by Gasteiger charge is 2.27. The normalized spacial score (nSPS) is 17.2. The molecule has 0 bridgehead atoms. The lowest BCUT2D eigenvalue weighted by atomic mass is 10.2. The molecular weight excluding hydrogens is 348 g/mol. The first-order chi connectivity index (χ1) is 11.5. The molecule has 130 valence electrons. The molecule has 1 atom stereocenters. The number of benzene rings is 1. The van der Waals surface area contributed by atoms with E-state index in [1.54, 1.807) is 25.3 Å². The largest absolute Gasteiger partial charge is 0.468 e. The maximum atomic E-state index is 12.7. The molecular formula is C17H21ClN2O3S. The van der Waals surface area contributed by atoms with Crippen LogP contribution >= 0.6 is 11.6 Å². The van der Waals surface area contributed by atoms with Crippen LogP contribution in [0.25, 0.3) is 0 Å². The van der Waals surface area contributed by atoms with Crippen LogP contribution in [0.1, 0.15) is 30.2 Å². The van der Waals surface area contributed by atoms with Crippen molar-refractivity contribution in [1.29, 1.82) is 0 Å². The predicted octanol–water partition coefficient (Wildman–Crippen LogP) is 3.36. The van der Waals surface area contributed by atoms with Crippen molar-refractivity contribution in [1.82, 2.24) is 9.62 Å². The number of sulfonamides is 1. The fourth-order valence-corrected chi connectivity index (χ4v) is 4.62. The van der Waals surface area contributed by atoms with Crippen LogP contribution in [0, 0.1) is 6.92 Å². The van der Waals surface area contributed by atoms with Crippen LogP contribution in [-0.4, -0.2) is 33.0 Å². The number of nitrogens with zero attached hydrogens (tertiary/aromatic N) is 1. The molecule has 0 spiro atoms. The van der Waals surface area contributed by atoms with Gasteiger partial charge >= 0.3 is 0 Å². The maximum absolute atomic E-state index is 12.7. The van der Waals surface area contributed by atoms with Crippen molar-refractivity contribution in [3.63, 3.8) is 0 Å². The van der Waals surface area contributed by atoms with E-state index in [-0.39, 0.29) is 17.5 Å². The number of halogens is 1. The molecule has 1 aromatic carbocycles. The molecule has 1 aromatic heterocycles. The van der Waals surface area contributed by atoms with Gasteiger partial charge in [-0.15, -0.1) is 0 Å². The van der Waals surface area contributed by atoms with E-state index in [1.807, 2.05) is 12.1 Å². The van der Waals surface area contributed by atoms with Crippen LogP contribution in [0.5, 0.6) is 0 Å². The monoisotopic (exact) mass is 368 g/mol. The van der Waals surface area contributed by atoms with Gasteiger partial charge in [-0.25, -0.2) is 13.1 Å². The summed E-state index contributed by atoms with van der Waals surface area (Å²) in [5.41, 5.74) is 0.669. The molecule has 1 unspecified atom stereocenters. The summed E-state index contributed by atoms with van der Waals surface area (Å²) in [5, 5.41) is 0.406. The molecule has 24 heavy (non-hydrogen) atoms. The number of aryl methyl sites for hydroxylation is 1. The van der Waals surface area contributed by atoms with Gasteiger partial charge in [0.1, 0.15) is 5.76 Å². The number of rotatable bonds is 6. The molecule has 0 aliphatic carbocycles. The third-order valence-electron chi connectivity index (χ3n) is 4.36. The zero-order valence-electron chi connectivity index (χ0n) is 13.5. The van der Waals surface area contributed by atoms with Crippen molar-refractivity contribution in [3.8, 4) is 0 Å². The lowest BCUT2D eigenvalue weighted by Crippen LogP contribution is -2.36. The third kappa shape index (κ3) is 3.83. The number of likely N-dealkylation sites (tertiary alicyclic amines) is 1. The maximum Gasteiger partial charge on any atom is 0.240 e. The van der Waals surface area contributed by atoms with Crippen molar-refractivity contribution in [2.75, 3.05) is 19.6 Å². The summed E-state index contributed by atoms with van der Waals surface area (Å²) >= 11 is 5.95. The first-order valence-corrected chi connectivity index (χ1v) is 9.87. The van der Waals surface area contributed by atoms with Crippen LogP contribution in [0.4, 0.5) is 0 Å². The second kappa shape index (κ2) is 7.27. The molecule has 0 amide bonds. The quantitative estimate of drug-likeness (QED) is 0.849. The zero-order chi connectivity index (χ0) is 17.2. The standard InChI is InChI=1S/C17H21ClN2O3S/c1-13-6-7-14(18)11-17(13)24(21,22)19-12-15(16-5-4-10-23-16)20-8-2-3-9-20/h4-7,10-11,15,19H,2-3,8-9,12H2,1H3. The summed E-state index contributed by atoms with van der Waals surface area (Å²) < 4.78 is 33.6. The smallest absolute Gasteiger partial charge is 0.240 e. The highest BCUT2D eigenvalue weighted by Crippen LogP contribution is 2.26. The predicted molar refractivity (Wildman–Crippen MR) is 93.6 cm³/mol. The van der Waals surface area contributed by atoms with E-state index < -0.39 is 10.0 Å². The molecule has 2 heterocycles. The second-order valence-corrected chi connectivity index (χ2v) is 8.21. The Hall–Kier alpha value is -1.34. The van der Waals surface area contributed by atoms with E-state index >= 15 is 0 Å². The van der Waals surface area contributed by atoms with Gasteiger partial charge in [-0.2, -0.15) is 0 Å². The lowest BCUT2D eigenvalue weighted by Gasteiger charge is -2.26. The van der Waals surface area contributed by atoms with Gasteiger partial charge in [-0.05, 0) is 62.7 Å². The summed E-state index contributed by atoms with van der Waals surface area (Å²) in [6.07, 6.45) is 3.86. The molecule has 1 fully saturated rings. The molecule has 0 radical (unpaired) electrons. The van der Waals surface area contributed by atoms with Crippen molar-refractivity contribution in [2.24, 2.45) is 0 Å². The van der Waals surface area contributed by atoms with Gasteiger partial charge in [0.25, 0.3) is 0 Å². The van der Waals surface area contributed by atoms with Gasteiger partial charge < -0.3 is 4.42 Å². The minimum absolute atomic E-state index is 0.100. The van der Waals surface area contributed by atoms with Gasteiger partial charge in [0.15, 0.2) is 0 Å². The van der Waals surface area contributed by atoms with E-state index in [0.29, 0.717) is 10.6 Å². The molecule has 1 aliphatic rings. The minimum Gasteiger partial charge on any atom is -0.468 e. The Bertz CT molecular complexity index is 784. The lowest BCUT2D eigenvalue weighted by molar-refractivity contribution is 0.216. The van der Waals surface area contributed by atoms with Crippen molar-refractivity contribution >= 4 is 21.6 Å². The Balaban J connectivity index is 1.79. The number of nitrogens with one attached hydrogen (secondary N) is 1. The Morgan fingerprint density at radius 3 is 2.71 bits per heavy atom. The number of furan rings is 1. The van der Waals surface area contributed by atoms with E-state index in [0.717, 1.165) is 31.7 Å². The molecule has 7 heteroatoms. The van der Waals surface area contributed by atoms with Gasteiger partial charge in [0.2, 0.25) is 10.0 Å². The number of hydrogen-bond acceptors (Lipinski definition) is 4. The minimum atomic E-state index is -3.63. The first kappa shape index (κ1) is 17.5. The van der Waals surface area contributed by atoms with Crippen molar-refractivity contribution in [3.05, 3.63) is 52.9 Å². The van der Waals surface area contributed by atoms with Crippen molar-refractivity contribution in [2.45, 2.75) is 30.7 Å². The van der Waals surface area contributed by atoms with Gasteiger partial charge in [0.05, 0.1) is 17.2 Å². The first-order valence-electron chi connectivity index (χ1n) is 8.00. The molecule has 1 aliphatic heterocycles. The molecule has 1 N–H and O–H groups in total. The average Bonchev–Trinajstić information content (AvgIpc) is 3.23. The van der Waals surface area contributed by atoms with Crippen molar-refractivity contribution < 1.29 is 12.8 Å². The van der Waals surface area contributed by atoms with Crippen LogP contribution < -0.4 is 4.72 Å². The molecule has 0 saturated carbocycles. The van der Waals surface area contributed by atoms with E-state index in [1.165, 1.54) is 6.07 Å². The Labute approximate surface area is 147 Å². The van der Waals surface area contributed by atoms with Crippen LogP contribution in [0.2, 0.25) is 5.02 Å². The Morgan fingerprint density at radius 2 is 2.04 bits per heavy atom. The molecule has 3 rings (SSSR count). The van der Waals surface area contributed by atoms with E-state index in [9.17, 15) is 8.42 Å². The highest BCUT2D eigenvalue weighted by molar-refractivity contribution is 7.89. The Morgan fingerprint density at radius 1 is 1.29 bits per heavy atom. The fourth-order valence-electron chi connectivity index (χ4n) is 3.07. The second-order valence-electron chi connectivity index (χ2n) is 6.04. The summed E-state index contributed by atoms with van der Waals surface area (Å²) in [5.74, 6) is 0.780. The van der Waals surface area contributed by atoms with E-state index in [4.69, 9.17) is 16.0 Å². The average molecular weight is 369 g/mol. The molecule has 5 nitrogen and oxygen atoms in total. The topological polar surface area (TPSA) is 62.6 Å². The third-order valence-corrected chi connectivity index (χ3v) is 6.16. The SMILES string of the molecule is Cc1ccc(Cl)cc1S(=O)(=O)NCC(c1ccco1)N1CCCC1. The molecule has 2 aromatic rings. The van der Waals surface area contributed by atoms with Gasteiger partial charge in [0, 0.05) is 11.6 Å². The summed E-state index contributed by atoms with van der Waals surface area (Å²) in [6.45, 7) is 3.92. The summed E-state index contributed by atoms with van der Waals surface area (Å²) in [6, 6.07) is 8.50. The van der Waals surface area contributed by atoms with Gasteiger partial charge in [-0.1, -0.05) is 17.7 Å². The van der Waals surface area contributed by atoms with Crippen LogP contribution in [0.15, 0.2) is 45.9 Å². The highest BCUT2D eigenvalue weighted by atomic mass is 35.5. The zero-order valence-corrected chi connectivity index (χ0v) is 15.1. The Kier molecular flexibility index (Phi) is 5.30. The summed E-state index contributed by atoms with van der Waals surface area (Å²) in [4.78, 5) is 2.47. The summed E-state index contributed by atoms with van der Waals surface area (Å²) in [7, 11) is -3.63. The van der Waals surface area contributed by atoms with E-state index in [2.05, 4.69) is 9.62 Å². The number of hydrogen-bond donors (Lipinski definition) is 1. The van der Waals surface area contributed by atoms with Crippen LogP contribution in [-0.2, 0) is 10.0 Å².